The lowest BCUT2D eigenvalue weighted by molar-refractivity contribution is 0.102. The molecule has 4 heteroatoms. The molecule has 4 N–H and O–H groups in total. The molecule has 2 aromatic carbocycles. The van der Waals surface area contributed by atoms with E-state index in [0.29, 0.717) is 22.5 Å². The van der Waals surface area contributed by atoms with E-state index in [1.54, 1.807) is 37.3 Å². The first-order valence-electron chi connectivity index (χ1n) is 5.95. The number of carbonyl (C=O) groups excluding carboxylic acids is 1. The summed E-state index contributed by atoms with van der Waals surface area (Å²) >= 11 is 0. The maximum absolute atomic E-state index is 12.2. The van der Waals surface area contributed by atoms with Gasteiger partial charge in [-0.25, -0.2) is 0 Å². The van der Waals surface area contributed by atoms with Crippen molar-refractivity contribution in [1.82, 2.24) is 0 Å². The Bertz CT molecular complexity index is 636. The molecule has 0 radical (unpaired) electrons. The van der Waals surface area contributed by atoms with Crippen molar-refractivity contribution in [3.63, 3.8) is 0 Å². The Morgan fingerprint density at radius 1 is 1.21 bits per heavy atom. The summed E-state index contributed by atoms with van der Waals surface area (Å²) in [6.45, 7) is 3.60. The molecule has 2 rings (SSSR count). The van der Waals surface area contributed by atoms with Crippen molar-refractivity contribution in [3.05, 3.63) is 53.1 Å². The molecule has 1 amide bonds. The van der Waals surface area contributed by atoms with Crippen molar-refractivity contribution in [2.45, 2.75) is 13.8 Å². The van der Waals surface area contributed by atoms with Crippen molar-refractivity contribution < 1.29 is 9.90 Å². The average Bonchev–Trinajstić information content (AvgIpc) is 2.37. The highest BCUT2D eigenvalue weighted by molar-refractivity contribution is 6.06. The molecule has 0 spiro atoms. The van der Waals surface area contributed by atoms with E-state index in [4.69, 9.17) is 5.73 Å². The van der Waals surface area contributed by atoms with Crippen LogP contribution < -0.4 is 11.1 Å². The number of nitrogen functional groups attached to an aromatic ring is 1. The molecular formula is C15H16N2O2. The Morgan fingerprint density at radius 3 is 2.68 bits per heavy atom. The quantitative estimate of drug-likeness (QED) is 0.723. The van der Waals surface area contributed by atoms with Crippen molar-refractivity contribution in [1.29, 1.82) is 0 Å². The minimum atomic E-state index is -0.262. The van der Waals surface area contributed by atoms with Gasteiger partial charge in [0.05, 0.1) is 0 Å². The zero-order valence-electron chi connectivity index (χ0n) is 10.9. The van der Waals surface area contributed by atoms with Crippen LogP contribution in [0.5, 0.6) is 5.75 Å². The molecule has 0 aliphatic heterocycles. The van der Waals surface area contributed by atoms with Crippen molar-refractivity contribution in [3.8, 4) is 5.75 Å². The van der Waals surface area contributed by atoms with Crippen LogP contribution in [0.4, 0.5) is 11.4 Å². The molecule has 19 heavy (non-hydrogen) atoms. The summed E-state index contributed by atoms with van der Waals surface area (Å²) < 4.78 is 0. The predicted octanol–water partition coefficient (Wildman–Crippen LogP) is 2.84. The van der Waals surface area contributed by atoms with Crippen LogP contribution in [0.25, 0.3) is 0 Å². The Morgan fingerprint density at radius 2 is 1.95 bits per heavy atom. The maximum atomic E-state index is 12.2. The maximum Gasteiger partial charge on any atom is 0.256 e. The fourth-order valence-electron chi connectivity index (χ4n) is 1.83. The third-order valence-corrected chi connectivity index (χ3v) is 3.06. The number of aryl methyl sites for hydroxylation is 1. The molecule has 0 bridgehead atoms. The highest BCUT2D eigenvalue weighted by Crippen LogP contribution is 2.23. The first kappa shape index (κ1) is 13.0. The van der Waals surface area contributed by atoms with Crippen LogP contribution in [0.1, 0.15) is 21.5 Å². The molecule has 98 valence electrons. The number of rotatable bonds is 2. The SMILES string of the molecule is Cc1ccc(N)cc1NC(=O)c1cccc(O)c1C. The van der Waals surface area contributed by atoms with Gasteiger partial charge in [0.1, 0.15) is 5.75 Å². The van der Waals surface area contributed by atoms with Gasteiger partial charge in [0.25, 0.3) is 5.91 Å². The van der Waals surface area contributed by atoms with Gasteiger partial charge >= 0.3 is 0 Å². The molecule has 0 atom stereocenters. The van der Waals surface area contributed by atoms with E-state index < -0.39 is 0 Å². The topological polar surface area (TPSA) is 75.3 Å². The van der Waals surface area contributed by atoms with Gasteiger partial charge in [0.2, 0.25) is 0 Å². The third-order valence-electron chi connectivity index (χ3n) is 3.06. The summed E-state index contributed by atoms with van der Waals surface area (Å²) in [6.07, 6.45) is 0. The number of anilines is 2. The molecule has 2 aromatic rings. The number of hydrogen-bond acceptors (Lipinski definition) is 3. The fraction of sp³-hybridized carbons (Fsp3) is 0.133. The van der Waals surface area contributed by atoms with Crippen LogP contribution in [0.15, 0.2) is 36.4 Å². The van der Waals surface area contributed by atoms with Crippen LogP contribution in [0, 0.1) is 13.8 Å². The minimum absolute atomic E-state index is 0.108. The number of phenolic OH excluding ortho intramolecular Hbond substituents is 1. The number of aromatic hydroxyl groups is 1. The zero-order chi connectivity index (χ0) is 14.0. The van der Waals surface area contributed by atoms with E-state index in [1.165, 1.54) is 0 Å². The van der Waals surface area contributed by atoms with Gasteiger partial charge in [0, 0.05) is 22.5 Å². The molecule has 4 nitrogen and oxygen atoms in total. The second kappa shape index (κ2) is 5.02. The third kappa shape index (κ3) is 2.68. The molecule has 0 heterocycles. The summed E-state index contributed by atoms with van der Waals surface area (Å²) in [6, 6.07) is 10.2. The van der Waals surface area contributed by atoms with Gasteiger partial charge in [-0.2, -0.15) is 0 Å². The van der Waals surface area contributed by atoms with Gasteiger partial charge in [-0.1, -0.05) is 12.1 Å². The van der Waals surface area contributed by atoms with Gasteiger partial charge < -0.3 is 16.2 Å². The van der Waals surface area contributed by atoms with Crippen LogP contribution in [0.3, 0.4) is 0 Å². The number of benzene rings is 2. The number of hydrogen-bond donors (Lipinski definition) is 3. The highest BCUT2D eigenvalue weighted by Gasteiger charge is 2.12. The number of phenols is 1. The molecule has 0 fully saturated rings. The van der Waals surface area contributed by atoms with Gasteiger partial charge in [0.15, 0.2) is 0 Å². The molecule has 0 unspecified atom stereocenters. The van der Waals surface area contributed by atoms with E-state index >= 15 is 0 Å². The van der Waals surface area contributed by atoms with Crippen LogP contribution in [0.2, 0.25) is 0 Å². The normalized spacial score (nSPS) is 10.2. The van der Waals surface area contributed by atoms with Crippen LogP contribution in [-0.4, -0.2) is 11.0 Å². The standard InChI is InChI=1S/C15H16N2O2/c1-9-6-7-11(16)8-13(9)17-15(19)12-4-3-5-14(18)10(12)2/h3-8,18H,16H2,1-2H3,(H,17,19). The van der Waals surface area contributed by atoms with E-state index in [9.17, 15) is 9.90 Å². The Labute approximate surface area is 111 Å². The van der Waals surface area contributed by atoms with Gasteiger partial charge in [-0.15, -0.1) is 0 Å². The van der Waals surface area contributed by atoms with E-state index in [1.807, 2.05) is 13.0 Å². The van der Waals surface area contributed by atoms with E-state index in [2.05, 4.69) is 5.32 Å². The summed E-state index contributed by atoms with van der Waals surface area (Å²) in [5, 5.41) is 12.4. The fourth-order valence-corrected chi connectivity index (χ4v) is 1.83. The first-order chi connectivity index (χ1) is 8.99. The lowest BCUT2D eigenvalue weighted by atomic mass is 10.1. The molecule has 0 aromatic heterocycles. The minimum Gasteiger partial charge on any atom is -0.508 e. The monoisotopic (exact) mass is 256 g/mol. The van der Waals surface area contributed by atoms with Gasteiger partial charge in [-0.3, -0.25) is 4.79 Å². The highest BCUT2D eigenvalue weighted by atomic mass is 16.3. The second-order valence-electron chi connectivity index (χ2n) is 4.48. The van der Waals surface area contributed by atoms with Crippen LogP contribution >= 0.6 is 0 Å². The number of nitrogens with one attached hydrogen (secondary N) is 1. The van der Waals surface area contributed by atoms with E-state index in [-0.39, 0.29) is 11.7 Å². The average molecular weight is 256 g/mol. The lowest BCUT2D eigenvalue weighted by Crippen LogP contribution is -2.14. The number of carbonyl (C=O) groups is 1. The second-order valence-corrected chi connectivity index (χ2v) is 4.48. The molecule has 0 aliphatic rings. The van der Waals surface area contributed by atoms with Crippen molar-refractivity contribution >= 4 is 17.3 Å². The molecule has 0 saturated heterocycles. The van der Waals surface area contributed by atoms with Gasteiger partial charge in [-0.05, 0) is 43.7 Å². The largest absolute Gasteiger partial charge is 0.508 e. The predicted molar refractivity (Wildman–Crippen MR) is 76.4 cm³/mol. The molecule has 0 aliphatic carbocycles. The number of amides is 1. The Balaban J connectivity index is 2.31. The Kier molecular flexibility index (Phi) is 3.42. The lowest BCUT2D eigenvalue weighted by Gasteiger charge is -2.11. The van der Waals surface area contributed by atoms with Crippen molar-refractivity contribution in [2.24, 2.45) is 0 Å². The summed E-state index contributed by atoms with van der Waals surface area (Å²) in [7, 11) is 0. The van der Waals surface area contributed by atoms with Crippen LogP contribution in [-0.2, 0) is 0 Å². The molecule has 0 saturated carbocycles. The zero-order valence-corrected chi connectivity index (χ0v) is 10.9. The first-order valence-corrected chi connectivity index (χ1v) is 5.95. The Hall–Kier alpha value is -2.49. The summed E-state index contributed by atoms with van der Waals surface area (Å²) in [5.41, 5.74) is 8.90. The van der Waals surface area contributed by atoms with Crippen molar-refractivity contribution in [2.75, 3.05) is 11.1 Å². The smallest absolute Gasteiger partial charge is 0.256 e. The summed E-state index contributed by atoms with van der Waals surface area (Å²) in [4.78, 5) is 12.2. The molecular weight excluding hydrogens is 240 g/mol. The number of nitrogens with two attached hydrogens (primary N) is 1. The summed E-state index contributed by atoms with van der Waals surface area (Å²) in [5.74, 6) is -0.154. The van der Waals surface area contributed by atoms with E-state index in [0.717, 1.165) is 5.56 Å².